The summed E-state index contributed by atoms with van der Waals surface area (Å²) >= 11 is 0. The second kappa shape index (κ2) is 28.0. The zero-order valence-corrected chi connectivity index (χ0v) is 24.4. The third kappa shape index (κ3) is 26.3. The van der Waals surface area contributed by atoms with Crippen molar-refractivity contribution in [3.8, 4) is 0 Å². The number of unbranched alkanes of at least 4 members (excludes halogenated alkanes) is 16. The normalized spacial score (nSPS) is 12.4. The van der Waals surface area contributed by atoms with Crippen LogP contribution in [0.4, 0.5) is 0 Å². The third-order valence-corrected chi connectivity index (χ3v) is 7.81. The number of carbonyl (C=O) groups excluding carboxylic acids is 1. The first kappa shape index (κ1) is 34.4. The molecule has 0 aliphatic heterocycles. The minimum atomic E-state index is 0.000505. The molecule has 0 aromatic heterocycles. The van der Waals surface area contributed by atoms with Crippen LogP contribution in [-0.4, -0.2) is 18.6 Å². The van der Waals surface area contributed by atoms with E-state index in [0.29, 0.717) is 19.1 Å². The van der Waals surface area contributed by atoms with Crippen LogP contribution in [0.25, 0.3) is 0 Å². The van der Waals surface area contributed by atoms with Crippen molar-refractivity contribution in [1.82, 2.24) is 0 Å². The smallest absolute Gasteiger partial charge is 0.305 e. The van der Waals surface area contributed by atoms with Crippen molar-refractivity contribution in [2.45, 2.75) is 187 Å². The van der Waals surface area contributed by atoms with Crippen LogP contribution in [0, 0.1) is 5.92 Å². The van der Waals surface area contributed by atoms with Gasteiger partial charge in [-0.15, -0.1) is 0 Å². The van der Waals surface area contributed by atoms with Crippen molar-refractivity contribution in [2.24, 2.45) is 11.7 Å². The molecule has 0 amide bonds. The van der Waals surface area contributed by atoms with Crippen molar-refractivity contribution >= 4 is 5.97 Å². The Morgan fingerprint density at radius 1 is 0.571 bits per heavy atom. The molecule has 0 saturated carbocycles. The van der Waals surface area contributed by atoms with Gasteiger partial charge in [0.15, 0.2) is 0 Å². The van der Waals surface area contributed by atoms with Gasteiger partial charge in [-0.3, -0.25) is 4.79 Å². The minimum Gasteiger partial charge on any atom is -0.466 e. The Kier molecular flexibility index (Phi) is 27.6. The molecule has 0 bridgehead atoms. The van der Waals surface area contributed by atoms with E-state index in [-0.39, 0.29) is 5.97 Å². The van der Waals surface area contributed by atoms with E-state index in [1.54, 1.807) is 0 Å². The molecular weight excluding hydrogens is 430 g/mol. The van der Waals surface area contributed by atoms with Crippen LogP contribution in [-0.2, 0) is 9.53 Å². The summed E-state index contributed by atoms with van der Waals surface area (Å²) in [5.74, 6) is 0.902. The summed E-state index contributed by atoms with van der Waals surface area (Å²) in [5, 5.41) is 0. The van der Waals surface area contributed by atoms with Crippen LogP contribution < -0.4 is 5.73 Å². The summed E-state index contributed by atoms with van der Waals surface area (Å²) in [6.45, 7) is 7.49. The van der Waals surface area contributed by atoms with Gasteiger partial charge in [0.05, 0.1) is 6.61 Å². The molecule has 0 aromatic rings. The van der Waals surface area contributed by atoms with Crippen molar-refractivity contribution in [3.05, 3.63) is 0 Å². The van der Waals surface area contributed by atoms with Gasteiger partial charge in [0, 0.05) is 12.5 Å². The zero-order valence-electron chi connectivity index (χ0n) is 24.4. The lowest BCUT2D eigenvalue weighted by Gasteiger charge is -2.11. The van der Waals surface area contributed by atoms with Gasteiger partial charge >= 0.3 is 5.97 Å². The number of rotatable bonds is 28. The molecule has 0 fully saturated rings. The van der Waals surface area contributed by atoms with E-state index in [4.69, 9.17) is 10.5 Å². The molecule has 0 rings (SSSR count). The summed E-state index contributed by atoms with van der Waals surface area (Å²) in [5.41, 5.74) is 6.31. The third-order valence-electron chi connectivity index (χ3n) is 7.81. The maximum absolute atomic E-state index is 11.9. The minimum absolute atomic E-state index is 0.000505. The van der Waals surface area contributed by atoms with Crippen LogP contribution in [0.15, 0.2) is 0 Å². The van der Waals surface area contributed by atoms with Gasteiger partial charge in [-0.1, -0.05) is 149 Å². The highest BCUT2D eigenvalue weighted by Crippen LogP contribution is 2.17. The zero-order chi connectivity index (χ0) is 25.8. The molecule has 0 aliphatic carbocycles. The quantitative estimate of drug-likeness (QED) is 0.0867. The lowest BCUT2D eigenvalue weighted by atomic mass is 9.96. The molecule has 0 aliphatic rings. The summed E-state index contributed by atoms with van der Waals surface area (Å²) in [7, 11) is 0. The first-order valence-electron chi connectivity index (χ1n) is 16.0. The lowest BCUT2D eigenvalue weighted by Crippen LogP contribution is -2.19. The molecule has 0 heterocycles. The van der Waals surface area contributed by atoms with Gasteiger partial charge in [-0.05, 0) is 31.6 Å². The molecule has 210 valence electrons. The summed E-state index contributed by atoms with van der Waals surface area (Å²) in [4.78, 5) is 11.9. The molecule has 35 heavy (non-hydrogen) atoms. The van der Waals surface area contributed by atoms with E-state index in [0.717, 1.165) is 31.6 Å². The van der Waals surface area contributed by atoms with Gasteiger partial charge in [0.1, 0.15) is 0 Å². The SMILES string of the molecule is CCCCCCCCCCCCC(N)CCCCCCCC(=O)OCCCCCCC(CC)CC. The van der Waals surface area contributed by atoms with Crippen molar-refractivity contribution < 1.29 is 9.53 Å². The maximum Gasteiger partial charge on any atom is 0.305 e. The molecule has 1 atom stereocenters. The van der Waals surface area contributed by atoms with Crippen LogP contribution in [0.2, 0.25) is 0 Å². The Hall–Kier alpha value is -0.570. The fourth-order valence-electron chi connectivity index (χ4n) is 5.09. The first-order chi connectivity index (χ1) is 17.1. The fraction of sp³-hybridized carbons (Fsp3) is 0.969. The summed E-state index contributed by atoms with van der Waals surface area (Å²) in [6.07, 6.45) is 31.5. The molecule has 1 unspecified atom stereocenters. The van der Waals surface area contributed by atoms with E-state index >= 15 is 0 Å². The predicted molar refractivity (Wildman–Crippen MR) is 155 cm³/mol. The van der Waals surface area contributed by atoms with Crippen molar-refractivity contribution in [3.63, 3.8) is 0 Å². The lowest BCUT2D eigenvalue weighted by molar-refractivity contribution is -0.143. The number of esters is 1. The molecular formula is C32H65NO2. The molecule has 3 heteroatoms. The average Bonchev–Trinajstić information content (AvgIpc) is 2.86. The second-order valence-electron chi connectivity index (χ2n) is 11.1. The van der Waals surface area contributed by atoms with Crippen molar-refractivity contribution in [1.29, 1.82) is 0 Å². The van der Waals surface area contributed by atoms with Gasteiger partial charge in [0.25, 0.3) is 0 Å². The predicted octanol–water partition coefficient (Wildman–Crippen LogP) is 10.3. The van der Waals surface area contributed by atoms with Gasteiger partial charge < -0.3 is 10.5 Å². The van der Waals surface area contributed by atoms with Crippen LogP contribution in [0.5, 0.6) is 0 Å². The molecule has 3 nitrogen and oxygen atoms in total. The Morgan fingerprint density at radius 3 is 1.51 bits per heavy atom. The largest absolute Gasteiger partial charge is 0.466 e. The average molecular weight is 496 g/mol. The molecule has 0 saturated heterocycles. The molecule has 0 spiro atoms. The maximum atomic E-state index is 11.9. The Labute approximate surface area is 221 Å². The Bertz CT molecular complexity index is 422. The van der Waals surface area contributed by atoms with Gasteiger partial charge in [-0.2, -0.15) is 0 Å². The van der Waals surface area contributed by atoms with Gasteiger partial charge in [0.2, 0.25) is 0 Å². The van der Waals surface area contributed by atoms with Crippen LogP contribution in [0.1, 0.15) is 181 Å². The van der Waals surface area contributed by atoms with E-state index < -0.39 is 0 Å². The van der Waals surface area contributed by atoms with E-state index in [1.807, 2.05) is 0 Å². The number of carbonyl (C=O) groups is 1. The topological polar surface area (TPSA) is 52.3 Å². The number of ether oxygens (including phenoxy) is 1. The van der Waals surface area contributed by atoms with E-state index in [1.165, 1.54) is 128 Å². The van der Waals surface area contributed by atoms with E-state index in [2.05, 4.69) is 20.8 Å². The second-order valence-corrected chi connectivity index (χ2v) is 11.1. The number of hydrogen-bond donors (Lipinski definition) is 1. The van der Waals surface area contributed by atoms with Crippen LogP contribution >= 0.6 is 0 Å². The molecule has 2 N–H and O–H groups in total. The fourth-order valence-corrected chi connectivity index (χ4v) is 5.09. The monoisotopic (exact) mass is 496 g/mol. The highest BCUT2D eigenvalue weighted by Gasteiger charge is 2.05. The summed E-state index contributed by atoms with van der Waals surface area (Å²) < 4.78 is 5.40. The van der Waals surface area contributed by atoms with Crippen molar-refractivity contribution in [2.75, 3.05) is 6.61 Å². The first-order valence-corrected chi connectivity index (χ1v) is 16.0. The molecule has 0 aromatic carbocycles. The molecule has 0 radical (unpaired) electrons. The van der Waals surface area contributed by atoms with Gasteiger partial charge in [-0.25, -0.2) is 0 Å². The van der Waals surface area contributed by atoms with Crippen LogP contribution in [0.3, 0.4) is 0 Å². The summed E-state index contributed by atoms with van der Waals surface area (Å²) in [6, 6.07) is 0.388. The Morgan fingerprint density at radius 2 is 1.00 bits per heavy atom. The standard InChI is InChI=1S/C32H65NO2/c1-4-7-8-9-10-11-12-13-15-21-26-31(33)27-22-16-14-17-23-28-32(34)35-29-24-19-18-20-25-30(5-2)6-3/h30-31H,4-29,33H2,1-3H3. The number of nitrogens with two attached hydrogens (primary N) is 1. The Balaban J connectivity index is 3.30. The highest BCUT2D eigenvalue weighted by atomic mass is 16.5. The number of hydrogen-bond acceptors (Lipinski definition) is 3. The highest BCUT2D eigenvalue weighted by molar-refractivity contribution is 5.69. The van der Waals surface area contributed by atoms with E-state index in [9.17, 15) is 4.79 Å².